The molecule has 1 rings (SSSR count). The highest BCUT2D eigenvalue weighted by atomic mass is 16.6. The van der Waals surface area contributed by atoms with Gasteiger partial charge in [0.25, 0.3) is 0 Å². The van der Waals surface area contributed by atoms with Gasteiger partial charge < -0.3 is 9.47 Å². The molecular weight excluding hydrogens is 198 g/mol. The molecule has 0 radical (unpaired) electrons. The molecule has 0 heterocycles. The van der Waals surface area contributed by atoms with Gasteiger partial charge in [-0.05, 0) is 18.2 Å². The molecule has 80 valence electrons. The van der Waals surface area contributed by atoms with Crippen molar-refractivity contribution in [2.45, 2.75) is 0 Å². The topological polar surface area (TPSA) is 61.6 Å². The molecule has 0 spiro atoms. The number of rotatable bonds is 4. The van der Waals surface area contributed by atoms with Crippen molar-refractivity contribution in [1.29, 1.82) is 0 Å². The molecule has 0 saturated heterocycles. The lowest BCUT2D eigenvalue weighted by molar-refractivity contribution is -0.400. The highest BCUT2D eigenvalue weighted by Crippen LogP contribution is 2.24. The fraction of sp³-hybridized carbons (Fsp3) is 0.200. The molecule has 0 unspecified atom stereocenters. The Morgan fingerprint density at radius 1 is 1.47 bits per heavy atom. The molecule has 0 atom stereocenters. The smallest absolute Gasteiger partial charge is 0.235 e. The first kappa shape index (κ1) is 5.16. The summed E-state index contributed by atoms with van der Waals surface area (Å²) in [6.45, 7) is 0. The van der Waals surface area contributed by atoms with Crippen LogP contribution in [-0.2, 0) is 0 Å². The zero-order chi connectivity index (χ0) is 16.3. The molecule has 0 saturated carbocycles. The fourth-order valence-corrected chi connectivity index (χ4v) is 0.954. The van der Waals surface area contributed by atoms with Crippen LogP contribution in [-0.4, -0.2) is 19.0 Å². The molecule has 15 heavy (non-hydrogen) atoms. The predicted molar refractivity (Wildman–Crippen MR) is 55.6 cm³/mol. The van der Waals surface area contributed by atoms with E-state index in [2.05, 4.69) is 9.47 Å². The van der Waals surface area contributed by atoms with Crippen LogP contribution in [0.25, 0.3) is 6.08 Å². The second kappa shape index (κ2) is 4.99. The Hall–Kier alpha value is -2.04. The number of hydrogen-bond acceptors (Lipinski definition) is 4. The first-order valence-electron chi connectivity index (χ1n) is 6.80. The van der Waals surface area contributed by atoms with Gasteiger partial charge >= 0.3 is 0 Å². The summed E-state index contributed by atoms with van der Waals surface area (Å²) in [5.41, 5.74) is 0.00424. The van der Waals surface area contributed by atoms with Gasteiger partial charge in [-0.2, -0.15) is 0 Å². The van der Waals surface area contributed by atoms with Gasteiger partial charge in [0.15, 0.2) is 0 Å². The van der Waals surface area contributed by atoms with Crippen LogP contribution < -0.4 is 9.47 Å². The summed E-state index contributed by atoms with van der Waals surface area (Å²) in [7, 11) is -5.44. The molecule has 1 aromatic carbocycles. The largest absolute Gasteiger partial charge is 0.497 e. The average Bonchev–Trinajstić information content (AvgIpc) is 2.25. The van der Waals surface area contributed by atoms with E-state index in [0.717, 1.165) is 18.2 Å². The lowest BCUT2D eigenvalue weighted by Gasteiger charge is -2.06. The third kappa shape index (κ3) is 2.98. The lowest BCUT2D eigenvalue weighted by atomic mass is 10.2. The summed E-state index contributed by atoms with van der Waals surface area (Å²) in [5, 5.41) is 10.3. The number of benzene rings is 1. The van der Waals surface area contributed by atoms with Gasteiger partial charge in [0.05, 0.1) is 27.2 Å². The second-order valence-corrected chi connectivity index (χ2v) is 2.50. The minimum atomic E-state index is -2.75. The summed E-state index contributed by atoms with van der Waals surface area (Å²) in [6, 6.07) is 3.48. The van der Waals surface area contributed by atoms with E-state index < -0.39 is 19.0 Å². The van der Waals surface area contributed by atoms with Crippen molar-refractivity contribution < 1.29 is 22.6 Å². The highest BCUT2D eigenvalue weighted by molar-refractivity contribution is 5.58. The Kier molecular flexibility index (Phi) is 1.72. The Morgan fingerprint density at radius 3 is 2.93 bits per heavy atom. The van der Waals surface area contributed by atoms with E-state index in [1.54, 1.807) is 0 Å². The molecule has 1 aromatic rings. The van der Waals surface area contributed by atoms with Crippen LogP contribution in [0.3, 0.4) is 0 Å². The van der Waals surface area contributed by atoms with Crippen LogP contribution >= 0.6 is 0 Å². The SMILES string of the molecule is [2H]C([2H])([2H])Oc1ccc(OC([2H])([2H])[2H])c(/C=C/[N+](=O)[O-])c1. The Bertz CT molecular complexity index is 551. The number of methoxy groups -OCH3 is 2. The zero-order valence-corrected chi connectivity index (χ0v) is 7.47. The van der Waals surface area contributed by atoms with Crippen LogP contribution in [0.5, 0.6) is 11.5 Å². The third-order valence-electron chi connectivity index (χ3n) is 1.58. The van der Waals surface area contributed by atoms with Gasteiger partial charge in [-0.15, -0.1) is 0 Å². The molecule has 0 bridgehead atoms. The van der Waals surface area contributed by atoms with Crippen molar-refractivity contribution in [3.8, 4) is 11.5 Å². The maximum absolute atomic E-state index is 10.3. The summed E-state index contributed by atoms with van der Waals surface area (Å²) in [6.07, 6.45) is 1.55. The average molecular weight is 215 g/mol. The van der Waals surface area contributed by atoms with Crippen molar-refractivity contribution >= 4 is 6.08 Å². The van der Waals surface area contributed by atoms with Crippen LogP contribution in [0.2, 0.25) is 0 Å². The van der Waals surface area contributed by atoms with Crippen LogP contribution in [0, 0.1) is 10.1 Å². The Labute approximate surface area is 95.5 Å². The van der Waals surface area contributed by atoms with Crippen molar-refractivity contribution in [3.63, 3.8) is 0 Å². The summed E-state index contributed by atoms with van der Waals surface area (Å²) in [4.78, 5) is 9.57. The highest BCUT2D eigenvalue weighted by Gasteiger charge is 2.02. The molecular formula is C10H11NO4. The molecule has 0 aliphatic heterocycles. The second-order valence-electron chi connectivity index (χ2n) is 2.50. The molecule has 0 amide bonds. The quantitative estimate of drug-likeness (QED) is 0.569. The number of hydrogen-bond donors (Lipinski definition) is 0. The first-order valence-corrected chi connectivity index (χ1v) is 3.80. The summed E-state index contributed by atoms with van der Waals surface area (Å²) >= 11 is 0. The van der Waals surface area contributed by atoms with Gasteiger partial charge in [-0.25, -0.2) is 0 Å². The van der Waals surface area contributed by atoms with E-state index in [4.69, 9.17) is 8.22 Å². The number of ether oxygens (including phenoxy) is 2. The van der Waals surface area contributed by atoms with Crippen LogP contribution in [0.1, 0.15) is 13.8 Å². The molecule has 5 nitrogen and oxygen atoms in total. The van der Waals surface area contributed by atoms with E-state index in [1.165, 1.54) is 6.07 Å². The minimum absolute atomic E-state index is 0.00424. The molecule has 5 heteroatoms. The van der Waals surface area contributed by atoms with Gasteiger partial charge in [0, 0.05) is 11.6 Å². The monoisotopic (exact) mass is 215 g/mol. The van der Waals surface area contributed by atoms with Gasteiger partial charge in [-0.1, -0.05) is 0 Å². The minimum Gasteiger partial charge on any atom is -0.497 e. The summed E-state index contributed by atoms with van der Waals surface area (Å²) in [5.74, 6) is -0.262. The fourth-order valence-electron chi connectivity index (χ4n) is 0.954. The van der Waals surface area contributed by atoms with Crippen molar-refractivity contribution in [2.24, 2.45) is 0 Å². The van der Waals surface area contributed by atoms with Crippen molar-refractivity contribution in [2.75, 3.05) is 14.1 Å². The molecule has 0 aromatic heterocycles. The van der Waals surface area contributed by atoms with E-state index in [-0.39, 0.29) is 17.1 Å². The van der Waals surface area contributed by atoms with E-state index in [0.29, 0.717) is 6.20 Å². The Balaban J connectivity index is 3.16. The first-order chi connectivity index (χ1) is 9.46. The van der Waals surface area contributed by atoms with Gasteiger partial charge in [0.1, 0.15) is 11.5 Å². The maximum atomic E-state index is 10.3. The lowest BCUT2D eigenvalue weighted by Crippen LogP contribution is -1.90. The molecule has 0 aliphatic rings. The van der Waals surface area contributed by atoms with Crippen LogP contribution in [0.4, 0.5) is 0 Å². The number of nitro groups is 1. The van der Waals surface area contributed by atoms with Crippen molar-refractivity contribution in [1.82, 2.24) is 0 Å². The standard InChI is InChI=1S/C10H11NO4/c1-14-9-3-4-10(15-2)8(7-9)5-6-11(12)13/h3-7H,1-2H3/b6-5+/i1D3,2D3. The maximum Gasteiger partial charge on any atom is 0.235 e. The normalized spacial score (nSPS) is 17.9. The molecule has 0 fully saturated rings. The molecule has 0 N–H and O–H groups in total. The van der Waals surface area contributed by atoms with Crippen molar-refractivity contribution in [3.05, 3.63) is 40.1 Å². The van der Waals surface area contributed by atoms with E-state index >= 15 is 0 Å². The van der Waals surface area contributed by atoms with E-state index in [9.17, 15) is 10.1 Å². The third-order valence-corrected chi connectivity index (χ3v) is 1.58. The zero-order valence-electron chi connectivity index (χ0n) is 13.5. The number of nitrogens with zero attached hydrogens (tertiary/aromatic N) is 1. The Morgan fingerprint density at radius 2 is 2.27 bits per heavy atom. The molecule has 0 aliphatic carbocycles. The van der Waals surface area contributed by atoms with Crippen LogP contribution in [0.15, 0.2) is 24.4 Å². The van der Waals surface area contributed by atoms with E-state index in [1.807, 2.05) is 0 Å². The van der Waals surface area contributed by atoms with Gasteiger partial charge in [-0.3, -0.25) is 10.1 Å². The predicted octanol–water partition coefficient (Wildman–Crippen LogP) is 1.95. The summed E-state index contributed by atoms with van der Waals surface area (Å²) < 4.78 is 51.3. The van der Waals surface area contributed by atoms with Gasteiger partial charge in [0.2, 0.25) is 6.20 Å².